The Morgan fingerprint density at radius 2 is 1.81 bits per heavy atom. The summed E-state index contributed by atoms with van der Waals surface area (Å²) in [6.45, 7) is 7.60. The van der Waals surface area contributed by atoms with Gasteiger partial charge in [-0.05, 0) is 94.2 Å². The Balaban J connectivity index is 1.14. The van der Waals surface area contributed by atoms with E-state index in [0.29, 0.717) is 22.8 Å². The maximum atomic E-state index is 12.9. The normalized spacial score (nSPS) is 29.0. The molecule has 0 unspecified atom stereocenters. The van der Waals surface area contributed by atoms with Crippen LogP contribution in [0.1, 0.15) is 74.0 Å². The molecule has 0 aromatic heterocycles. The number of nitrogens with one attached hydrogen (secondary N) is 1. The van der Waals surface area contributed by atoms with Crippen LogP contribution < -0.4 is 5.32 Å². The summed E-state index contributed by atoms with van der Waals surface area (Å²) in [5.41, 5.74) is 5.26. The summed E-state index contributed by atoms with van der Waals surface area (Å²) in [5.74, 6) is 1.50. The topological polar surface area (TPSA) is 32.3 Å². The van der Waals surface area contributed by atoms with Crippen molar-refractivity contribution in [3.05, 3.63) is 34.9 Å². The van der Waals surface area contributed by atoms with Crippen molar-refractivity contribution in [2.45, 2.75) is 76.7 Å². The predicted octanol–water partition coefficient (Wildman–Crippen LogP) is 4.32. The zero-order valence-corrected chi connectivity index (χ0v) is 17.0. The first-order chi connectivity index (χ1) is 13.0. The van der Waals surface area contributed by atoms with Crippen molar-refractivity contribution < 1.29 is 4.79 Å². The number of hydrogen-bond acceptors (Lipinski definition) is 2. The quantitative estimate of drug-likeness (QED) is 0.845. The number of piperidine rings is 1. The Kier molecular flexibility index (Phi) is 4.16. The monoisotopic (exact) mass is 366 g/mol. The van der Waals surface area contributed by atoms with Crippen LogP contribution in [0.5, 0.6) is 0 Å². The second-order valence-corrected chi connectivity index (χ2v) is 10.2. The molecule has 1 aromatic rings. The molecule has 0 bridgehead atoms. The first-order valence-corrected chi connectivity index (χ1v) is 11.1. The van der Waals surface area contributed by atoms with Crippen molar-refractivity contribution in [3.8, 4) is 0 Å². The highest BCUT2D eigenvalue weighted by molar-refractivity contribution is 5.80. The van der Waals surface area contributed by atoms with Crippen LogP contribution in [0.4, 0.5) is 0 Å². The number of amides is 1. The van der Waals surface area contributed by atoms with Crippen molar-refractivity contribution in [2.75, 3.05) is 19.6 Å². The SMILES string of the molecule is Cc1ccc(C)c(C2CC3(CCN(C(=O)C4CC5(CCCN5)C4)CC3)C2)c1. The molecule has 2 spiro atoms. The van der Waals surface area contributed by atoms with Gasteiger partial charge >= 0.3 is 0 Å². The second-order valence-electron chi connectivity index (χ2n) is 10.2. The average molecular weight is 367 g/mol. The number of nitrogens with zero attached hydrogens (tertiary/aromatic N) is 1. The highest BCUT2D eigenvalue weighted by Gasteiger charge is 2.51. The number of likely N-dealkylation sites (tertiary alicyclic amines) is 1. The third kappa shape index (κ3) is 3.03. The summed E-state index contributed by atoms with van der Waals surface area (Å²) < 4.78 is 0. The van der Waals surface area contributed by atoms with Crippen LogP contribution in [0, 0.1) is 25.2 Å². The van der Waals surface area contributed by atoms with E-state index in [-0.39, 0.29) is 0 Å². The highest BCUT2D eigenvalue weighted by Crippen LogP contribution is 2.57. The van der Waals surface area contributed by atoms with E-state index >= 15 is 0 Å². The van der Waals surface area contributed by atoms with Gasteiger partial charge in [0.2, 0.25) is 5.91 Å². The summed E-state index contributed by atoms with van der Waals surface area (Å²) in [4.78, 5) is 15.1. The minimum Gasteiger partial charge on any atom is -0.342 e. The lowest BCUT2D eigenvalue weighted by molar-refractivity contribution is -0.144. The highest BCUT2D eigenvalue weighted by atomic mass is 16.2. The van der Waals surface area contributed by atoms with Gasteiger partial charge in [-0.3, -0.25) is 4.79 Å². The van der Waals surface area contributed by atoms with Crippen molar-refractivity contribution in [2.24, 2.45) is 11.3 Å². The van der Waals surface area contributed by atoms with Gasteiger partial charge in [-0.1, -0.05) is 23.8 Å². The van der Waals surface area contributed by atoms with Crippen LogP contribution in [-0.2, 0) is 4.79 Å². The van der Waals surface area contributed by atoms with Crippen LogP contribution in [0.2, 0.25) is 0 Å². The summed E-state index contributed by atoms with van der Waals surface area (Å²) in [6.07, 6.45) is 9.83. The van der Waals surface area contributed by atoms with Gasteiger partial charge in [0.25, 0.3) is 0 Å². The van der Waals surface area contributed by atoms with E-state index < -0.39 is 0 Å². The molecule has 27 heavy (non-hydrogen) atoms. The lowest BCUT2D eigenvalue weighted by Crippen LogP contribution is -2.57. The Bertz CT molecular complexity index is 725. The molecule has 1 amide bonds. The molecule has 4 aliphatic rings. The van der Waals surface area contributed by atoms with E-state index in [2.05, 4.69) is 42.3 Å². The van der Waals surface area contributed by atoms with Gasteiger partial charge in [-0.15, -0.1) is 0 Å². The van der Waals surface area contributed by atoms with E-state index in [0.717, 1.165) is 38.4 Å². The molecule has 2 heterocycles. The van der Waals surface area contributed by atoms with Crippen molar-refractivity contribution >= 4 is 5.91 Å². The Hall–Kier alpha value is -1.35. The molecule has 0 atom stereocenters. The number of carbonyl (C=O) groups is 1. The third-order valence-corrected chi connectivity index (χ3v) is 8.32. The molecule has 4 fully saturated rings. The Morgan fingerprint density at radius 1 is 1.07 bits per heavy atom. The molecule has 2 saturated heterocycles. The lowest BCUT2D eigenvalue weighted by atomic mass is 9.55. The summed E-state index contributed by atoms with van der Waals surface area (Å²) in [5, 5.41) is 3.65. The molecule has 0 radical (unpaired) electrons. The largest absolute Gasteiger partial charge is 0.342 e. The van der Waals surface area contributed by atoms with E-state index in [1.807, 2.05) is 0 Å². The molecule has 2 aliphatic carbocycles. The molecular weight excluding hydrogens is 332 g/mol. The molecule has 5 rings (SSSR count). The Morgan fingerprint density at radius 3 is 2.48 bits per heavy atom. The summed E-state index contributed by atoms with van der Waals surface area (Å²) in [7, 11) is 0. The number of benzene rings is 1. The minimum absolute atomic E-state index is 0.300. The van der Waals surface area contributed by atoms with Gasteiger partial charge in [0, 0.05) is 24.5 Å². The number of aryl methyl sites for hydroxylation is 2. The smallest absolute Gasteiger partial charge is 0.225 e. The maximum absolute atomic E-state index is 12.9. The fourth-order valence-corrected chi connectivity index (χ4v) is 6.55. The van der Waals surface area contributed by atoms with Gasteiger partial charge in [-0.25, -0.2) is 0 Å². The molecule has 2 saturated carbocycles. The zero-order valence-electron chi connectivity index (χ0n) is 17.0. The maximum Gasteiger partial charge on any atom is 0.225 e. The number of rotatable bonds is 2. The summed E-state index contributed by atoms with van der Waals surface area (Å²) in [6, 6.07) is 6.90. The van der Waals surface area contributed by atoms with E-state index in [1.165, 1.54) is 49.7 Å². The van der Waals surface area contributed by atoms with Crippen LogP contribution in [0.25, 0.3) is 0 Å². The van der Waals surface area contributed by atoms with Crippen LogP contribution >= 0.6 is 0 Å². The molecule has 3 nitrogen and oxygen atoms in total. The van der Waals surface area contributed by atoms with E-state index in [4.69, 9.17) is 0 Å². The standard InChI is InChI=1S/C24H34N2O/c1-17-4-5-18(2)21(12-17)19-13-23(14-19)7-10-26(11-8-23)22(27)20-15-24(16-20)6-3-9-25-24/h4-5,12,19-20,25H,3,6-11,13-16H2,1-2H3. The molecular formula is C24H34N2O. The van der Waals surface area contributed by atoms with E-state index in [9.17, 15) is 4.79 Å². The third-order valence-electron chi connectivity index (χ3n) is 8.32. The predicted molar refractivity (Wildman–Crippen MR) is 109 cm³/mol. The van der Waals surface area contributed by atoms with Gasteiger partial charge in [0.05, 0.1) is 0 Å². The van der Waals surface area contributed by atoms with Gasteiger partial charge in [-0.2, -0.15) is 0 Å². The Labute approximate surface area is 163 Å². The first kappa shape index (κ1) is 17.7. The second kappa shape index (κ2) is 6.34. The molecule has 3 heteroatoms. The first-order valence-electron chi connectivity index (χ1n) is 11.1. The molecule has 146 valence electrons. The van der Waals surface area contributed by atoms with Crippen LogP contribution in [0.3, 0.4) is 0 Å². The minimum atomic E-state index is 0.300. The van der Waals surface area contributed by atoms with Crippen molar-refractivity contribution in [1.82, 2.24) is 10.2 Å². The van der Waals surface area contributed by atoms with E-state index in [1.54, 1.807) is 5.56 Å². The van der Waals surface area contributed by atoms with Gasteiger partial charge < -0.3 is 10.2 Å². The molecule has 1 aromatic carbocycles. The number of carbonyl (C=O) groups excluding carboxylic acids is 1. The van der Waals surface area contributed by atoms with Crippen molar-refractivity contribution in [1.29, 1.82) is 0 Å². The molecule has 1 N–H and O–H groups in total. The van der Waals surface area contributed by atoms with Crippen LogP contribution in [-0.4, -0.2) is 36.0 Å². The fourth-order valence-electron chi connectivity index (χ4n) is 6.55. The summed E-state index contributed by atoms with van der Waals surface area (Å²) >= 11 is 0. The van der Waals surface area contributed by atoms with Crippen molar-refractivity contribution in [3.63, 3.8) is 0 Å². The average Bonchev–Trinajstić information content (AvgIpc) is 3.10. The fraction of sp³-hybridized carbons (Fsp3) is 0.708. The number of hydrogen-bond donors (Lipinski definition) is 1. The lowest BCUT2D eigenvalue weighted by Gasteiger charge is -2.54. The molecule has 2 aliphatic heterocycles. The van der Waals surface area contributed by atoms with Gasteiger partial charge in [0.15, 0.2) is 0 Å². The van der Waals surface area contributed by atoms with Crippen LogP contribution in [0.15, 0.2) is 18.2 Å². The van der Waals surface area contributed by atoms with Gasteiger partial charge in [0.1, 0.15) is 0 Å². The zero-order chi connectivity index (χ0) is 18.6.